The van der Waals surface area contributed by atoms with Crippen molar-refractivity contribution in [2.75, 3.05) is 18.6 Å². The molecule has 0 spiro atoms. The first-order valence-electron chi connectivity index (χ1n) is 5.99. The summed E-state index contributed by atoms with van der Waals surface area (Å²) in [7, 11) is 2.04. The minimum atomic E-state index is 0.524. The van der Waals surface area contributed by atoms with E-state index < -0.39 is 0 Å². The predicted octanol–water partition coefficient (Wildman–Crippen LogP) is 2.67. The Balaban J connectivity index is 1.91. The summed E-state index contributed by atoms with van der Waals surface area (Å²) in [6.07, 6.45) is 6.47. The van der Waals surface area contributed by atoms with Crippen molar-refractivity contribution in [1.29, 1.82) is 0 Å². The third-order valence-electron chi connectivity index (χ3n) is 2.67. The molecule has 0 amide bonds. The molecular formula is C12H19N3S2. The van der Waals surface area contributed by atoms with Gasteiger partial charge in [-0.15, -0.1) is 11.3 Å². The maximum atomic E-state index is 4.62. The van der Waals surface area contributed by atoms with E-state index in [0.717, 1.165) is 17.1 Å². The van der Waals surface area contributed by atoms with Crippen molar-refractivity contribution in [3.63, 3.8) is 0 Å². The Hall–Kier alpha value is -0.520. The lowest BCUT2D eigenvalue weighted by Crippen LogP contribution is -2.30. The zero-order valence-corrected chi connectivity index (χ0v) is 12.0. The lowest BCUT2D eigenvalue weighted by molar-refractivity contribution is 0.610. The number of hydrogen-bond donors (Lipinski definition) is 1. The Morgan fingerprint density at radius 2 is 2.47 bits per heavy atom. The van der Waals surface area contributed by atoms with Gasteiger partial charge in [0.05, 0.1) is 5.69 Å². The Morgan fingerprint density at radius 3 is 3.18 bits per heavy atom. The van der Waals surface area contributed by atoms with E-state index in [0.29, 0.717) is 6.04 Å². The van der Waals surface area contributed by atoms with Crippen LogP contribution in [0.1, 0.15) is 19.0 Å². The van der Waals surface area contributed by atoms with Gasteiger partial charge in [-0.05, 0) is 19.2 Å². The Labute approximate surface area is 111 Å². The van der Waals surface area contributed by atoms with Crippen LogP contribution < -0.4 is 5.32 Å². The molecule has 17 heavy (non-hydrogen) atoms. The molecule has 0 aliphatic carbocycles. The van der Waals surface area contributed by atoms with Crippen molar-refractivity contribution < 1.29 is 0 Å². The Kier molecular flexibility index (Phi) is 4.88. The zero-order valence-electron chi connectivity index (χ0n) is 10.3. The van der Waals surface area contributed by atoms with Crippen molar-refractivity contribution in [3.8, 4) is 0 Å². The number of thiazole rings is 1. The maximum absolute atomic E-state index is 4.62. The molecule has 0 saturated heterocycles. The van der Waals surface area contributed by atoms with Crippen molar-refractivity contribution in [1.82, 2.24) is 14.7 Å². The van der Waals surface area contributed by atoms with Gasteiger partial charge in [-0.1, -0.05) is 6.92 Å². The maximum Gasteiger partial charge on any atom is 0.193 e. The van der Waals surface area contributed by atoms with Gasteiger partial charge in [0.25, 0.3) is 0 Å². The second kappa shape index (κ2) is 6.42. The summed E-state index contributed by atoms with van der Waals surface area (Å²) in [5, 5.41) is 5.45. The standard InChI is InChI=1S/C12H19N3S2/c1-3-5-16-9-11(13-2)7-10-8-15-4-6-17-12(15)14-10/h4,6,8,11,13H,3,5,7,9H2,1-2H3. The minimum Gasteiger partial charge on any atom is -0.316 e. The SMILES string of the molecule is CCCSCC(Cc1cn2ccsc2n1)NC. The van der Waals surface area contributed by atoms with E-state index in [1.54, 1.807) is 11.3 Å². The van der Waals surface area contributed by atoms with Crippen molar-refractivity contribution in [3.05, 3.63) is 23.5 Å². The van der Waals surface area contributed by atoms with E-state index in [9.17, 15) is 0 Å². The van der Waals surface area contributed by atoms with Gasteiger partial charge in [-0.3, -0.25) is 4.40 Å². The van der Waals surface area contributed by atoms with Gasteiger partial charge in [0, 0.05) is 36.0 Å². The van der Waals surface area contributed by atoms with E-state index in [-0.39, 0.29) is 0 Å². The molecule has 2 heterocycles. The van der Waals surface area contributed by atoms with Gasteiger partial charge in [0.1, 0.15) is 0 Å². The number of thioether (sulfide) groups is 1. The molecule has 1 N–H and O–H groups in total. The van der Waals surface area contributed by atoms with Crippen LogP contribution in [0.5, 0.6) is 0 Å². The van der Waals surface area contributed by atoms with Crippen LogP contribution in [0, 0.1) is 0 Å². The van der Waals surface area contributed by atoms with E-state index in [1.165, 1.54) is 17.9 Å². The Bertz CT molecular complexity index is 421. The van der Waals surface area contributed by atoms with Crippen LogP contribution >= 0.6 is 23.1 Å². The summed E-state index contributed by atoms with van der Waals surface area (Å²) in [6.45, 7) is 2.23. The summed E-state index contributed by atoms with van der Waals surface area (Å²) in [6, 6.07) is 0.524. The molecule has 0 bridgehead atoms. The van der Waals surface area contributed by atoms with Crippen LogP contribution in [0.15, 0.2) is 17.8 Å². The van der Waals surface area contributed by atoms with E-state index >= 15 is 0 Å². The van der Waals surface area contributed by atoms with Crippen LogP contribution in [0.3, 0.4) is 0 Å². The molecule has 0 radical (unpaired) electrons. The van der Waals surface area contributed by atoms with Gasteiger partial charge in [0.15, 0.2) is 4.96 Å². The van der Waals surface area contributed by atoms with Gasteiger partial charge in [0.2, 0.25) is 0 Å². The van der Waals surface area contributed by atoms with Crippen molar-refractivity contribution >= 4 is 28.1 Å². The van der Waals surface area contributed by atoms with Crippen molar-refractivity contribution in [2.24, 2.45) is 0 Å². The minimum absolute atomic E-state index is 0.524. The lowest BCUT2D eigenvalue weighted by atomic mass is 10.2. The third kappa shape index (κ3) is 3.47. The van der Waals surface area contributed by atoms with Gasteiger partial charge < -0.3 is 5.32 Å². The average Bonchev–Trinajstić information content (AvgIpc) is 2.88. The molecule has 5 heteroatoms. The number of nitrogens with zero attached hydrogens (tertiary/aromatic N) is 2. The van der Waals surface area contributed by atoms with Crippen LogP contribution in [0.2, 0.25) is 0 Å². The molecule has 2 rings (SSSR count). The zero-order chi connectivity index (χ0) is 12.1. The van der Waals surface area contributed by atoms with Crippen molar-refractivity contribution in [2.45, 2.75) is 25.8 Å². The number of hydrogen-bond acceptors (Lipinski definition) is 4. The molecule has 0 aliphatic rings. The molecule has 0 aliphatic heterocycles. The lowest BCUT2D eigenvalue weighted by Gasteiger charge is -2.13. The highest BCUT2D eigenvalue weighted by atomic mass is 32.2. The second-order valence-electron chi connectivity index (χ2n) is 4.09. The molecule has 3 nitrogen and oxygen atoms in total. The largest absolute Gasteiger partial charge is 0.316 e. The fourth-order valence-electron chi connectivity index (χ4n) is 1.74. The third-order valence-corrected chi connectivity index (χ3v) is 4.78. The fraction of sp³-hybridized carbons (Fsp3) is 0.583. The van der Waals surface area contributed by atoms with Gasteiger partial charge >= 0.3 is 0 Å². The highest BCUT2D eigenvalue weighted by Crippen LogP contribution is 2.14. The fourth-order valence-corrected chi connectivity index (χ4v) is 3.48. The first-order valence-corrected chi connectivity index (χ1v) is 8.03. The van der Waals surface area contributed by atoms with E-state index in [1.807, 2.05) is 18.8 Å². The molecule has 0 fully saturated rings. The number of fused-ring (bicyclic) bond motifs is 1. The quantitative estimate of drug-likeness (QED) is 0.784. The number of likely N-dealkylation sites (N-methyl/N-ethyl adjacent to an activating group) is 1. The second-order valence-corrected chi connectivity index (χ2v) is 6.11. The Morgan fingerprint density at radius 1 is 1.59 bits per heavy atom. The molecule has 1 atom stereocenters. The number of aromatic nitrogens is 2. The molecule has 0 aromatic carbocycles. The van der Waals surface area contributed by atoms with E-state index in [2.05, 4.69) is 39.4 Å². The topological polar surface area (TPSA) is 29.3 Å². The smallest absolute Gasteiger partial charge is 0.193 e. The molecule has 1 unspecified atom stereocenters. The van der Waals surface area contributed by atoms with Crippen LogP contribution in [0.25, 0.3) is 4.96 Å². The summed E-state index contributed by atoms with van der Waals surface area (Å²) in [5.74, 6) is 2.41. The summed E-state index contributed by atoms with van der Waals surface area (Å²) < 4.78 is 2.10. The molecular weight excluding hydrogens is 250 g/mol. The normalized spacial score (nSPS) is 13.3. The van der Waals surface area contributed by atoms with Crippen LogP contribution in [-0.2, 0) is 6.42 Å². The number of nitrogens with one attached hydrogen (secondary N) is 1. The highest BCUT2D eigenvalue weighted by molar-refractivity contribution is 7.99. The first kappa shape index (κ1) is 12.9. The highest BCUT2D eigenvalue weighted by Gasteiger charge is 2.10. The average molecular weight is 269 g/mol. The van der Waals surface area contributed by atoms with Gasteiger partial charge in [-0.25, -0.2) is 4.98 Å². The monoisotopic (exact) mass is 269 g/mol. The summed E-state index contributed by atoms with van der Waals surface area (Å²) in [4.78, 5) is 5.71. The number of imidazole rings is 1. The van der Waals surface area contributed by atoms with Crippen LogP contribution in [-0.4, -0.2) is 34.0 Å². The van der Waals surface area contributed by atoms with Gasteiger partial charge in [-0.2, -0.15) is 11.8 Å². The molecule has 94 valence electrons. The van der Waals surface area contributed by atoms with E-state index in [4.69, 9.17) is 0 Å². The van der Waals surface area contributed by atoms with Crippen LogP contribution in [0.4, 0.5) is 0 Å². The molecule has 2 aromatic heterocycles. The summed E-state index contributed by atoms with van der Waals surface area (Å²) in [5.41, 5.74) is 1.19. The summed E-state index contributed by atoms with van der Waals surface area (Å²) >= 11 is 3.71. The molecule has 0 saturated carbocycles. The molecule has 2 aromatic rings. The predicted molar refractivity (Wildman–Crippen MR) is 77.2 cm³/mol. The number of rotatable bonds is 7. The first-order chi connectivity index (χ1) is 8.33.